The molecule has 2 rings (SSSR count). The van der Waals surface area contributed by atoms with E-state index in [4.69, 9.17) is 0 Å². The number of hydrogen-bond acceptors (Lipinski definition) is 7. The molecule has 9 nitrogen and oxygen atoms in total. The van der Waals surface area contributed by atoms with Gasteiger partial charge in [0.05, 0.1) is 0 Å². The standard InChI is InChI=1S/C14H23N5O4S2/c1-9(2)11(12(21)19-7-5-4-6-8-19)18-25(22,23)14-17-16-13(24-14)15-10(3)20/h9,11,18H,4-8H2,1-3H3,(H,15,16,20)/t11-/m0/s1. The lowest BCUT2D eigenvalue weighted by molar-refractivity contribution is -0.134. The molecule has 2 N–H and O–H groups in total. The summed E-state index contributed by atoms with van der Waals surface area (Å²) in [5.41, 5.74) is 0. The van der Waals surface area contributed by atoms with E-state index in [0.717, 1.165) is 30.6 Å². The zero-order chi connectivity index (χ0) is 18.6. The summed E-state index contributed by atoms with van der Waals surface area (Å²) in [7, 11) is -4.01. The van der Waals surface area contributed by atoms with Crippen molar-refractivity contribution < 1.29 is 18.0 Å². The number of sulfonamides is 1. The van der Waals surface area contributed by atoms with Gasteiger partial charge in [-0.05, 0) is 25.2 Å². The van der Waals surface area contributed by atoms with Crippen molar-refractivity contribution in [1.82, 2.24) is 19.8 Å². The second-order valence-corrected chi connectivity index (χ2v) is 9.15. The number of carbonyl (C=O) groups excluding carboxylic acids is 2. The summed E-state index contributed by atoms with van der Waals surface area (Å²) in [6.07, 6.45) is 2.94. The Balaban J connectivity index is 2.15. The van der Waals surface area contributed by atoms with Gasteiger partial charge in [0, 0.05) is 20.0 Å². The maximum absolute atomic E-state index is 12.7. The molecule has 0 aliphatic carbocycles. The Morgan fingerprint density at radius 2 is 1.80 bits per heavy atom. The molecule has 1 aromatic heterocycles. The van der Waals surface area contributed by atoms with Gasteiger partial charge in [-0.3, -0.25) is 9.59 Å². The fraction of sp³-hybridized carbons (Fsp3) is 0.714. The van der Waals surface area contributed by atoms with E-state index in [1.54, 1.807) is 18.7 Å². The summed E-state index contributed by atoms with van der Waals surface area (Å²) in [6, 6.07) is -0.865. The van der Waals surface area contributed by atoms with Crippen molar-refractivity contribution in [2.45, 2.75) is 50.4 Å². The highest BCUT2D eigenvalue weighted by Gasteiger charge is 2.33. The van der Waals surface area contributed by atoms with E-state index in [1.165, 1.54) is 6.92 Å². The van der Waals surface area contributed by atoms with E-state index in [9.17, 15) is 18.0 Å². The molecule has 1 aromatic rings. The van der Waals surface area contributed by atoms with Crippen molar-refractivity contribution >= 4 is 38.3 Å². The molecule has 2 heterocycles. The zero-order valence-corrected chi connectivity index (χ0v) is 16.1. The van der Waals surface area contributed by atoms with Gasteiger partial charge in [-0.25, -0.2) is 8.42 Å². The molecule has 2 amide bonds. The molecule has 11 heteroatoms. The van der Waals surface area contributed by atoms with E-state index in [2.05, 4.69) is 20.2 Å². The normalized spacial score (nSPS) is 16.7. The topological polar surface area (TPSA) is 121 Å². The lowest BCUT2D eigenvalue weighted by Gasteiger charge is -2.31. The minimum absolute atomic E-state index is 0.0938. The van der Waals surface area contributed by atoms with E-state index in [-0.39, 0.29) is 27.2 Å². The van der Waals surface area contributed by atoms with Gasteiger partial charge < -0.3 is 10.2 Å². The molecule has 0 unspecified atom stereocenters. The van der Waals surface area contributed by atoms with Gasteiger partial charge in [0.15, 0.2) is 0 Å². The molecule has 0 spiro atoms. The van der Waals surface area contributed by atoms with Crippen LogP contribution >= 0.6 is 11.3 Å². The molecule has 140 valence electrons. The number of carbonyl (C=O) groups is 2. The van der Waals surface area contributed by atoms with Gasteiger partial charge in [-0.15, -0.1) is 10.2 Å². The quantitative estimate of drug-likeness (QED) is 0.695. The summed E-state index contributed by atoms with van der Waals surface area (Å²) >= 11 is 0.740. The number of nitrogens with zero attached hydrogens (tertiary/aromatic N) is 3. The predicted octanol–water partition coefficient (Wildman–Crippen LogP) is 0.812. The van der Waals surface area contributed by atoms with Crippen LogP contribution < -0.4 is 10.0 Å². The van der Waals surface area contributed by atoms with Crippen LogP contribution in [0.2, 0.25) is 0 Å². The molecule has 0 aromatic carbocycles. The van der Waals surface area contributed by atoms with Crippen LogP contribution in [0.4, 0.5) is 5.13 Å². The first kappa shape index (κ1) is 19.7. The zero-order valence-electron chi connectivity index (χ0n) is 14.5. The van der Waals surface area contributed by atoms with Crippen molar-refractivity contribution in [2.75, 3.05) is 18.4 Å². The van der Waals surface area contributed by atoms with Crippen molar-refractivity contribution in [2.24, 2.45) is 5.92 Å². The first-order chi connectivity index (χ1) is 11.7. The second-order valence-electron chi connectivity index (χ2n) is 6.28. The molecule has 1 saturated heterocycles. The van der Waals surface area contributed by atoms with Gasteiger partial charge in [0.1, 0.15) is 6.04 Å². The third-order valence-corrected chi connectivity index (χ3v) is 6.45. The fourth-order valence-electron chi connectivity index (χ4n) is 2.52. The van der Waals surface area contributed by atoms with Gasteiger partial charge in [-0.2, -0.15) is 4.72 Å². The third-order valence-electron chi connectivity index (χ3n) is 3.80. The van der Waals surface area contributed by atoms with Gasteiger partial charge in [-0.1, -0.05) is 25.2 Å². The molecular weight excluding hydrogens is 366 g/mol. The van der Waals surface area contributed by atoms with Crippen LogP contribution in [0.3, 0.4) is 0 Å². The number of rotatable bonds is 6. The van der Waals surface area contributed by atoms with Gasteiger partial charge >= 0.3 is 0 Å². The van der Waals surface area contributed by atoms with Gasteiger partial charge in [0.2, 0.25) is 21.3 Å². The Hall–Kier alpha value is -1.59. The van der Waals surface area contributed by atoms with Crippen LogP contribution in [0, 0.1) is 5.92 Å². The number of amides is 2. The minimum atomic E-state index is -4.01. The highest BCUT2D eigenvalue weighted by molar-refractivity contribution is 7.91. The lowest BCUT2D eigenvalue weighted by atomic mass is 10.0. The van der Waals surface area contributed by atoms with Crippen LogP contribution in [0.25, 0.3) is 0 Å². The molecule has 0 bridgehead atoms. The summed E-state index contributed by atoms with van der Waals surface area (Å²) < 4.78 is 27.3. The average molecular weight is 390 g/mol. The first-order valence-corrected chi connectivity index (χ1v) is 10.4. The van der Waals surface area contributed by atoms with Crippen LogP contribution in [0.15, 0.2) is 4.34 Å². The highest BCUT2D eigenvalue weighted by Crippen LogP contribution is 2.21. The number of hydrogen-bond donors (Lipinski definition) is 2. The highest BCUT2D eigenvalue weighted by atomic mass is 32.2. The van der Waals surface area contributed by atoms with E-state index >= 15 is 0 Å². The Kier molecular flexibility index (Phi) is 6.47. The average Bonchev–Trinajstić information content (AvgIpc) is 3.01. The molecule has 0 radical (unpaired) electrons. The minimum Gasteiger partial charge on any atom is -0.341 e. The van der Waals surface area contributed by atoms with Crippen molar-refractivity contribution in [3.8, 4) is 0 Å². The smallest absolute Gasteiger partial charge is 0.270 e. The van der Waals surface area contributed by atoms with E-state index < -0.39 is 16.1 Å². The first-order valence-electron chi connectivity index (χ1n) is 8.13. The molecule has 1 fully saturated rings. The Labute approximate surface area is 151 Å². The Morgan fingerprint density at radius 1 is 1.16 bits per heavy atom. The number of likely N-dealkylation sites (tertiary alicyclic amines) is 1. The maximum atomic E-state index is 12.7. The van der Waals surface area contributed by atoms with Gasteiger partial charge in [0.25, 0.3) is 10.0 Å². The molecule has 1 aliphatic rings. The molecule has 25 heavy (non-hydrogen) atoms. The summed E-state index contributed by atoms with van der Waals surface area (Å²) in [6.45, 7) is 6.17. The monoisotopic (exact) mass is 389 g/mol. The SMILES string of the molecule is CC(=O)Nc1nnc(S(=O)(=O)N[C@H](C(=O)N2CCCCC2)C(C)C)s1. The summed E-state index contributed by atoms with van der Waals surface area (Å²) in [5, 5.41) is 9.72. The summed E-state index contributed by atoms with van der Waals surface area (Å²) in [4.78, 5) is 25.4. The molecule has 0 saturated carbocycles. The van der Waals surface area contributed by atoms with Crippen molar-refractivity contribution in [1.29, 1.82) is 0 Å². The number of anilines is 1. The van der Waals surface area contributed by atoms with Crippen molar-refractivity contribution in [3.05, 3.63) is 0 Å². The predicted molar refractivity (Wildman–Crippen MR) is 93.6 cm³/mol. The second kappa shape index (κ2) is 8.19. The maximum Gasteiger partial charge on any atom is 0.270 e. The number of nitrogens with one attached hydrogen (secondary N) is 2. The number of piperidine rings is 1. The summed E-state index contributed by atoms with van der Waals surface area (Å²) in [5.74, 6) is -0.801. The van der Waals surface area contributed by atoms with E-state index in [0.29, 0.717) is 13.1 Å². The van der Waals surface area contributed by atoms with Crippen LogP contribution in [0.5, 0.6) is 0 Å². The number of aromatic nitrogens is 2. The Bertz CT molecular complexity index is 725. The van der Waals surface area contributed by atoms with Crippen molar-refractivity contribution in [3.63, 3.8) is 0 Å². The van der Waals surface area contributed by atoms with Crippen LogP contribution in [0.1, 0.15) is 40.0 Å². The van der Waals surface area contributed by atoms with Crippen LogP contribution in [-0.2, 0) is 19.6 Å². The Morgan fingerprint density at radius 3 is 2.36 bits per heavy atom. The molecular formula is C14H23N5O4S2. The van der Waals surface area contributed by atoms with E-state index in [1.807, 2.05) is 0 Å². The third kappa shape index (κ3) is 5.19. The molecule has 1 atom stereocenters. The van der Waals surface area contributed by atoms with Crippen LogP contribution in [-0.4, -0.2) is 54.5 Å². The fourth-order valence-corrected chi connectivity index (χ4v) is 4.82. The molecule has 1 aliphatic heterocycles. The lowest BCUT2D eigenvalue weighted by Crippen LogP contribution is -2.52. The largest absolute Gasteiger partial charge is 0.341 e.